The van der Waals surface area contributed by atoms with Crippen molar-refractivity contribution in [2.75, 3.05) is 0 Å². The van der Waals surface area contributed by atoms with Gasteiger partial charge in [0, 0.05) is 17.7 Å². The van der Waals surface area contributed by atoms with E-state index in [4.69, 9.17) is 4.84 Å². The Kier molecular flexibility index (Phi) is 4.79. The zero-order valence-corrected chi connectivity index (χ0v) is 13.1. The molecule has 1 aromatic heterocycles. The lowest BCUT2D eigenvalue weighted by Crippen LogP contribution is -2.36. The smallest absolute Gasteiger partial charge is 0.234 e. The fourth-order valence-electron chi connectivity index (χ4n) is 2.36. The largest absolute Gasteiger partial charge is 0.390 e. The summed E-state index contributed by atoms with van der Waals surface area (Å²) in [6.45, 7) is 0.452. The molecule has 0 radical (unpaired) electrons. The first-order chi connectivity index (χ1) is 11.3. The molecule has 1 heterocycles. The third-order valence-corrected chi connectivity index (χ3v) is 3.57. The quantitative estimate of drug-likeness (QED) is 0.402. The van der Waals surface area contributed by atoms with Crippen LogP contribution in [0.1, 0.15) is 16.8 Å². The average molecular weight is 303 g/mol. The molecule has 2 aromatic carbocycles. The number of hydrogen-bond acceptors (Lipinski definition) is 2. The zero-order valence-electron chi connectivity index (χ0n) is 13.1. The molecular formula is C20H19N2O+. The third kappa shape index (κ3) is 3.83. The first-order valence-corrected chi connectivity index (χ1v) is 7.59. The standard InChI is InChI=1S/C20H19N2O/c1-22-15-9-8-14-19(22)20(18-12-6-3-7-13-18)21-23-16-17-10-4-2-5-11-17/h2-15H,16H2,1H3/q+1/b21-20-. The molecule has 0 N–H and O–H groups in total. The van der Waals surface area contributed by atoms with Gasteiger partial charge in [0.25, 0.3) is 0 Å². The maximum atomic E-state index is 5.62. The highest BCUT2D eigenvalue weighted by Crippen LogP contribution is 2.09. The number of benzene rings is 2. The zero-order chi connectivity index (χ0) is 15.9. The van der Waals surface area contributed by atoms with Crippen molar-refractivity contribution >= 4 is 5.71 Å². The Balaban J connectivity index is 1.89. The molecular weight excluding hydrogens is 284 g/mol. The Bertz CT molecular complexity index is 783. The summed E-state index contributed by atoms with van der Waals surface area (Å²) in [5.74, 6) is 0. The van der Waals surface area contributed by atoms with Crippen LogP contribution in [0.5, 0.6) is 0 Å². The Morgan fingerprint density at radius 2 is 1.52 bits per heavy atom. The predicted octanol–water partition coefficient (Wildman–Crippen LogP) is 3.48. The molecule has 0 saturated carbocycles. The maximum Gasteiger partial charge on any atom is 0.234 e. The van der Waals surface area contributed by atoms with E-state index >= 15 is 0 Å². The summed E-state index contributed by atoms with van der Waals surface area (Å²) in [6.07, 6.45) is 2.00. The van der Waals surface area contributed by atoms with Crippen molar-refractivity contribution in [1.82, 2.24) is 0 Å². The molecule has 0 unspecified atom stereocenters. The van der Waals surface area contributed by atoms with E-state index < -0.39 is 0 Å². The molecule has 0 amide bonds. The van der Waals surface area contributed by atoms with Crippen LogP contribution >= 0.6 is 0 Å². The molecule has 0 bridgehead atoms. The van der Waals surface area contributed by atoms with Gasteiger partial charge in [-0.05, 0) is 11.6 Å². The lowest BCUT2D eigenvalue weighted by Gasteiger charge is -2.06. The van der Waals surface area contributed by atoms with Crippen LogP contribution < -0.4 is 4.57 Å². The van der Waals surface area contributed by atoms with Gasteiger partial charge in [-0.3, -0.25) is 0 Å². The van der Waals surface area contributed by atoms with Crippen molar-refractivity contribution in [2.24, 2.45) is 12.2 Å². The van der Waals surface area contributed by atoms with Gasteiger partial charge in [0.15, 0.2) is 11.9 Å². The minimum Gasteiger partial charge on any atom is -0.390 e. The van der Waals surface area contributed by atoms with E-state index in [2.05, 4.69) is 5.16 Å². The lowest BCUT2D eigenvalue weighted by atomic mass is 10.1. The molecule has 0 spiro atoms. The van der Waals surface area contributed by atoms with Gasteiger partial charge in [0.2, 0.25) is 5.69 Å². The van der Waals surface area contributed by atoms with Crippen molar-refractivity contribution in [1.29, 1.82) is 0 Å². The van der Waals surface area contributed by atoms with Crippen molar-refractivity contribution < 1.29 is 9.40 Å². The van der Waals surface area contributed by atoms with Crippen LogP contribution in [0.3, 0.4) is 0 Å². The third-order valence-electron chi connectivity index (χ3n) is 3.57. The fourth-order valence-corrected chi connectivity index (χ4v) is 2.36. The molecule has 3 nitrogen and oxygen atoms in total. The van der Waals surface area contributed by atoms with E-state index in [0.717, 1.165) is 22.5 Å². The Hall–Kier alpha value is -2.94. The molecule has 114 valence electrons. The minimum absolute atomic E-state index is 0.452. The maximum absolute atomic E-state index is 5.62. The molecule has 0 fully saturated rings. The van der Waals surface area contributed by atoms with Crippen LogP contribution in [0.15, 0.2) is 90.2 Å². The molecule has 0 atom stereocenters. The number of hydrogen-bond donors (Lipinski definition) is 0. The van der Waals surface area contributed by atoms with Gasteiger partial charge < -0.3 is 4.84 Å². The summed E-state index contributed by atoms with van der Waals surface area (Å²) in [4.78, 5) is 5.62. The van der Waals surface area contributed by atoms with Crippen LogP contribution in [0.25, 0.3) is 0 Å². The number of aromatic nitrogens is 1. The van der Waals surface area contributed by atoms with Crippen LogP contribution in [-0.4, -0.2) is 5.71 Å². The van der Waals surface area contributed by atoms with Crippen LogP contribution in [0, 0.1) is 0 Å². The van der Waals surface area contributed by atoms with Crippen molar-refractivity contribution in [3.8, 4) is 0 Å². The molecule has 3 rings (SSSR count). The summed E-state index contributed by atoms with van der Waals surface area (Å²) in [5, 5.41) is 4.42. The van der Waals surface area contributed by atoms with Crippen molar-refractivity contribution in [3.63, 3.8) is 0 Å². The highest BCUT2D eigenvalue weighted by atomic mass is 16.6. The molecule has 0 aliphatic heterocycles. The van der Waals surface area contributed by atoms with E-state index in [1.807, 2.05) is 96.7 Å². The summed E-state index contributed by atoms with van der Waals surface area (Å²) < 4.78 is 2.04. The van der Waals surface area contributed by atoms with Gasteiger partial charge in [0.05, 0.1) is 0 Å². The first kappa shape index (κ1) is 15.0. The van der Waals surface area contributed by atoms with Gasteiger partial charge in [-0.25, -0.2) is 0 Å². The van der Waals surface area contributed by atoms with Gasteiger partial charge in [-0.15, -0.1) is 0 Å². The second-order valence-electron chi connectivity index (χ2n) is 5.26. The summed E-state index contributed by atoms with van der Waals surface area (Å²) in [7, 11) is 2.00. The summed E-state index contributed by atoms with van der Waals surface area (Å²) in [5.41, 5.74) is 3.96. The number of pyridine rings is 1. The van der Waals surface area contributed by atoms with Gasteiger partial charge in [-0.1, -0.05) is 65.8 Å². The van der Waals surface area contributed by atoms with E-state index in [9.17, 15) is 0 Å². The van der Waals surface area contributed by atoms with Gasteiger partial charge >= 0.3 is 0 Å². The number of rotatable bonds is 5. The normalized spacial score (nSPS) is 11.3. The highest BCUT2D eigenvalue weighted by molar-refractivity contribution is 6.10. The monoisotopic (exact) mass is 303 g/mol. The molecule has 0 aliphatic carbocycles. The van der Waals surface area contributed by atoms with E-state index in [0.29, 0.717) is 6.61 Å². The Morgan fingerprint density at radius 1 is 0.870 bits per heavy atom. The van der Waals surface area contributed by atoms with Crippen LogP contribution in [0.2, 0.25) is 0 Å². The number of oxime groups is 1. The average Bonchev–Trinajstić information content (AvgIpc) is 2.61. The Labute approximate surface area is 136 Å². The second-order valence-corrected chi connectivity index (χ2v) is 5.26. The molecule has 23 heavy (non-hydrogen) atoms. The van der Waals surface area contributed by atoms with Gasteiger partial charge in [-0.2, -0.15) is 4.57 Å². The minimum atomic E-state index is 0.452. The van der Waals surface area contributed by atoms with Crippen molar-refractivity contribution in [2.45, 2.75) is 6.61 Å². The van der Waals surface area contributed by atoms with Crippen molar-refractivity contribution in [3.05, 3.63) is 102 Å². The predicted molar refractivity (Wildman–Crippen MR) is 90.9 cm³/mol. The SMILES string of the molecule is C[n+]1ccccc1/C(=N\OCc1ccccc1)c1ccccc1. The molecule has 3 heteroatoms. The molecule has 3 aromatic rings. The van der Waals surface area contributed by atoms with Gasteiger partial charge in [0.1, 0.15) is 13.7 Å². The van der Waals surface area contributed by atoms with Crippen LogP contribution in [-0.2, 0) is 18.5 Å². The first-order valence-electron chi connectivity index (χ1n) is 7.59. The topological polar surface area (TPSA) is 25.5 Å². The summed E-state index contributed by atoms with van der Waals surface area (Å²) in [6, 6.07) is 26.2. The number of aryl methyl sites for hydroxylation is 1. The lowest BCUT2D eigenvalue weighted by molar-refractivity contribution is -0.672. The highest BCUT2D eigenvalue weighted by Gasteiger charge is 2.16. The molecule has 0 saturated heterocycles. The Morgan fingerprint density at radius 3 is 2.22 bits per heavy atom. The molecule has 0 aliphatic rings. The fraction of sp³-hybridized carbons (Fsp3) is 0.100. The number of nitrogens with zero attached hydrogens (tertiary/aromatic N) is 2. The van der Waals surface area contributed by atoms with E-state index in [1.165, 1.54) is 0 Å². The van der Waals surface area contributed by atoms with Crippen LogP contribution in [0.4, 0.5) is 0 Å². The van der Waals surface area contributed by atoms with E-state index in [-0.39, 0.29) is 0 Å². The summed E-state index contributed by atoms with van der Waals surface area (Å²) >= 11 is 0. The second kappa shape index (κ2) is 7.36. The van der Waals surface area contributed by atoms with E-state index in [1.54, 1.807) is 0 Å².